The minimum absolute atomic E-state index is 0.294. The van der Waals surface area contributed by atoms with Gasteiger partial charge in [-0.3, -0.25) is 0 Å². The lowest BCUT2D eigenvalue weighted by Gasteiger charge is -2.40. The van der Waals surface area contributed by atoms with Crippen molar-refractivity contribution in [2.24, 2.45) is 47.3 Å². The van der Waals surface area contributed by atoms with E-state index in [9.17, 15) is 10.2 Å². The molecule has 0 aromatic carbocycles. The van der Waals surface area contributed by atoms with Crippen LogP contribution < -0.4 is 0 Å². The molecule has 104 valence electrons. The van der Waals surface area contributed by atoms with Crippen LogP contribution in [0.25, 0.3) is 0 Å². The van der Waals surface area contributed by atoms with Crippen LogP contribution in [0.15, 0.2) is 0 Å². The predicted molar refractivity (Wildman–Crippen MR) is 71.9 cm³/mol. The van der Waals surface area contributed by atoms with E-state index >= 15 is 0 Å². The van der Waals surface area contributed by atoms with Crippen LogP contribution in [0.5, 0.6) is 0 Å². The van der Waals surface area contributed by atoms with E-state index in [1.807, 2.05) is 0 Å². The van der Waals surface area contributed by atoms with Gasteiger partial charge in [-0.2, -0.15) is 0 Å². The van der Waals surface area contributed by atoms with Crippen molar-refractivity contribution in [1.82, 2.24) is 0 Å². The van der Waals surface area contributed by atoms with Gasteiger partial charge in [0.2, 0.25) is 0 Å². The van der Waals surface area contributed by atoms with Crippen molar-refractivity contribution in [2.75, 3.05) is 13.2 Å². The number of fused-ring (bicyclic) bond motifs is 5. The molecular formula is C16H28O2. The summed E-state index contributed by atoms with van der Waals surface area (Å²) in [5, 5.41) is 19.4. The molecule has 0 aromatic heterocycles. The monoisotopic (exact) mass is 252 g/mol. The van der Waals surface area contributed by atoms with Gasteiger partial charge in [-0.05, 0) is 60.2 Å². The third-order valence-corrected chi connectivity index (χ3v) is 6.79. The smallest absolute Gasteiger partial charge is 0.0465 e. The van der Waals surface area contributed by atoms with Crippen molar-refractivity contribution in [3.63, 3.8) is 0 Å². The molecule has 3 aliphatic carbocycles. The SMILES string of the molecule is CCC1CC(CC)C2C3CC(C(CO)C3CO)C12. The van der Waals surface area contributed by atoms with Gasteiger partial charge in [0.1, 0.15) is 0 Å². The Morgan fingerprint density at radius 2 is 1.22 bits per heavy atom. The van der Waals surface area contributed by atoms with Crippen LogP contribution in [-0.4, -0.2) is 23.4 Å². The Kier molecular flexibility index (Phi) is 3.44. The molecule has 0 spiro atoms. The number of rotatable bonds is 4. The van der Waals surface area contributed by atoms with Crippen molar-refractivity contribution < 1.29 is 10.2 Å². The summed E-state index contributed by atoms with van der Waals surface area (Å²) >= 11 is 0. The van der Waals surface area contributed by atoms with Gasteiger partial charge in [0.05, 0.1) is 0 Å². The lowest BCUT2D eigenvalue weighted by Crippen LogP contribution is -2.39. The molecule has 2 heteroatoms. The average Bonchev–Trinajstić information content (AvgIpc) is 3.05. The topological polar surface area (TPSA) is 40.5 Å². The third kappa shape index (κ3) is 1.54. The molecule has 18 heavy (non-hydrogen) atoms. The maximum Gasteiger partial charge on any atom is 0.0465 e. The largest absolute Gasteiger partial charge is 0.396 e. The first-order valence-electron chi connectivity index (χ1n) is 7.98. The van der Waals surface area contributed by atoms with E-state index in [2.05, 4.69) is 13.8 Å². The highest BCUT2D eigenvalue weighted by Crippen LogP contribution is 2.67. The van der Waals surface area contributed by atoms with Gasteiger partial charge in [-0.1, -0.05) is 26.7 Å². The second kappa shape index (κ2) is 4.79. The van der Waals surface area contributed by atoms with E-state index in [1.54, 1.807) is 0 Å². The molecule has 8 unspecified atom stereocenters. The van der Waals surface area contributed by atoms with Crippen molar-refractivity contribution in [3.8, 4) is 0 Å². The molecule has 0 aliphatic heterocycles. The number of hydrogen-bond acceptors (Lipinski definition) is 2. The second-order valence-electron chi connectivity index (χ2n) is 6.98. The van der Waals surface area contributed by atoms with Crippen LogP contribution in [0.4, 0.5) is 0 Å². The van der Waals surface area contributed by atoms with Crippen molar-refractivity contribution in [3.05, 3.63) is 0 Å². The molecule has 0 heterocycles. The molecular weight excluding hydrogens is 224 g/mol. The maximum atomic E-state index is 9.68. The van der Waals surface area contributed by atoms with E-state index < -0.39 is 0 Å². The summed E-state index contributed by atoms with van der Waals surface area (Å²) in [7, 11) is 0. The fourth-order valence-corrected chi connectivity index (χ4v) is 6.20. The zero-order chi connectivity index (χ0) is 12.9. The normalized spacial score (nSPS) is 54.0. The summed E-state index contributed by atoms with van der Waals surface area (Å²) in [5.41, 5.74) is 0. The van der Waals surface area contributed by atoms with Crippen LogP contribution in [0.1, 0.15) is 39.5 Å². The summed E-state index contributed by atoms with van der Waals surface area (Å²) in [4.78, 5) is 0. The fourth-order valence-electron chi connectivity index (χ4n) is 6.20. The van der Waals surface area contributed by atoms with E-state index in [0.29, 0.717) is 36.9 Å². The van der Waals surface area contributed by atoms with Crippen molar-refractivity contribution in [1.29, 1.82) is 0 Å². The standard InChI is InChI=1S/C16H28O2/c1-3-9-5-10(4-2)16-12-6-11(15(9)16)13(7-17)14(12)8-18/h9-18H,3-8H2,1-2H3. The molecule has 2 nitrogen and oxygen atoms in total. The van der Waals surface area contributed by atoms with Crippen LogP contribution in [0, 0.1) is 47.3 Å². The van der Waals surface area contributed by atoms with Gasteiger partial charge in [-0.15, -0.1) is 0 Å². The summed E-state index contributed by atoms with van der Waals surface area (Å²) in [6, 6.07) is 0. The molecule has 2 bridgehead atoms. The van der Waals surface area contributed by atoms with Crippen LogP contribution in [0.3, 0.4) is 0 Å². The van der Waals surface area contributed by atoms with Gasteiger partial charge in [0.15, 0.2) is 0 Å². The van der Waals surface area contributed by atoms with Gasteiger partial charge in [0, 0.05) is 13.2 Å². The zero-order valence-electron chi connectivity index (χ0n) is 11.8. The average molecular weight is 252 g/mol. The molecule has 0 saturated heterocycles. The molecule has 0 radical (unpaired) electrons. The van der Waals surface area contributed by atoms with Crippen molar-refractivity contribution >= 4 is 0 Å². The van der Waals surface area contributed by atoms with Crippen LogP contribution in [0.2, 0.25) is 0 Å². The zero-order valence-corrected chi connectivity index (χ0v) is 11.8. The van der Waals surface area contributed by atoms with Gasteiger partial charge in [-0.25, -0.2) is 0 Å². The minimum atomic E-state index is 0.294. The van der Waals surface area contributed by atoms with E-state index in [1.165, 1.54) is 25.7 Å². The number of aliphatic hydroxyl groups excluding tert-OH is 2. The Balaban J connectivity index is 1.88. The molecule has 2 N–H and O–H groups in total. The molecule has 3 saturated carbocycles. The van der Waals surface area contributed by atoms with Gasteiger partial charge >= 0.3 is 0 Å². The summed E-state index contributed by atoms with van der Waals surface area (Å²) in [6.45, 7) is 5.26. The predicted octanol–water partition coefficient (Wildman–Crippen LogP) is 2.54. The Morgan fingerprint density at radius 1 is 0.778 bits per heavy atom. The second-order valence-corrected chi connectivity index (χ2v) is 6.98. The molecule has 0 aromatic rings. The lowest BCUT2D eigenvalue weighted by molar-refractivity contribution is 0.0130. The quantitative estimate of drug-likeness (QED) is 0.807. The Bertz CT molecular complexity index is 275. The van der Waals surface area contributed by atoms with Gasteiger partial charge in [0.25, 0.3) is 0 Å². The van der Waals surface area contributed by atoms with Crippen molar-refractivity contribution in [2.45, 2.75) is 39.5 Å². The maximum absolute atomic E-state index is 9.68. The third-order valence-electron chi connectivity index (χ3n) is 6.79. The Morgan fingerprint density at radius 3 is 1.56 bits per heavy atom. The first-order chi connectivity index (χ1) is 8.76. The number of hydrogen-bond donors (Lipinski definition) is 2. The highest BCUT2D eigenvalue weighted by atomic mass is 16.3. The summed E-state index contributed by atoms with van der Waals surface area (Å²) in [5.74, 6) is 5.73. The highest BCUT2D eigenvalue weighted by molar-refractivity contribution is 5.10. The minimum Gasteiger partial charge on any atom is -0.396 e. The first kappa shape index (κ1) is 12.9. The first-order valence-corrected chi connectivity index (χ1v) is 7.98. The molecule has 0 amide bonds. The molecule has 3 aliphatic rings. The molecule has 3 rings (SSSR count). The highest BCUT2D eigenvalue weighted by Gasteiger charge is 2.62. The van der Waals surface area contributed by atoms with E-state index in [4.69, 9.17) is 0 Å². The Labute approximate surface area is 111 Å². The summed E-state index contributed by atoms with van der Waals surface area (Å²) < 4.78 is 0. The Hall–Kier alpha value is -0.0800. The lowest BCUT2D eigenvalue weighted by atomic mass is 9.66. The van der Waals surface area contributed by atoms with E-state index in [-0.39, 0.29) is 0 Å². The summed E-state index contributed by atoms with van der Waals surface area (Å²) in [6.07, 6.45) is 5.32. The van der Waals surface area contributed by atoms with Crippen LogP contribution in [-0.2, 0) is 0 Å². The van der Waals surface area contributed by atoms with Gasteiger partial charge < -0.3 is 10.2 Å². The fraction of sp³-hybridized carbons (Fsp3) is 1.00. The molecule has 8 atom stereocenters. The molecule has 3 fully saturated rings. The van der Waals surface area contributed by atoms with E-state index in [0.717, 1.165) is 23.7 Å². The van der Waals surface area contributed by atoms with Crippen LogP contribution >= 0.6 is 0 Å². The number of aliphatic hydroxyl groups is 2.